The van der Waals surface area contributed by atoms with Gasteiger partial charge < -0.3 is 5.11 Å². The Hall–Kier alpha value is -1.17. The summed E-state index contributed by atoms with van der Waals surface area (Å²) in [6, 6.07) is 15.5. The molecular formula is C14H13BrN2OS. The van der Waals surface area contributed by atoms with Crippen molar-refractivity contribution in [1.29, 1.82) is 0 Å². The van der Waals surface area contributed by atoms with Gasteiger partial charge in [-0.2, -0.15) is 10.2 Å². The van der Waals surface area contributed by atoms with Crippen LogP contribution >= 0.6 is 27.7 Å². The molecule has 0 fully saturated rings. The van der Waals surface area contributed by atoms with Crippen LogP contribution in [0.1, 0.15) is 0 Å². The summed E-state index contributed by atoms with van der Waals surface area (Å²) >= 11 is 5.00. The summed E-state index contributed by atoms with van der Waals surface area (Å²) in [6.45, 7) is 0.190. The first-order valence-corrected chi connectivity index (χ1v) is 7.57. The lowest BCUT2D eigenvalue weighted by atomic mass is 10.3. The molecule has 0 radical (unpaired) electrons. The van der Waals surface area contributed by atoms with Crippen LogP contribution in [0.5, 0.6) is 0 Å². The molecule has 2 rings (SSSR count). The van der Waals surface area contributed by atoms with E-state index in [9.17, 15) is 0 Å². The average Bonchev–Trinajstić information content (AvgIpc) is 2.46. The number of aliphatic hydroxyl groups is 1. The zero-order valence-corrected chi connectivity index (χ0v) is 12.6. The second-order valence-electron chi connectivity index (χ2n) is 3.74. The molecule has 2 aromatic rings. The number of halogens is 1. The van der Waals surface area contributed by atoms with E-state index in [4.69, 9.17) is 5.11 Å². The minimum absolute atomic E-state index is 0.190. The standard InChI is InChI=1S/C14H13BrN2OS/c15-11-1-3-12(4-2-11)16-17-13-5-7-14(8-6-13)19-10-9-18/h1-8,18H,9-10H2. The molecular weight excluding hydrogens is 324 g/mol. The maximum atomic E-state index is 8.75. The van der Waals surface area contributed by atoms with Gasteiger partial charge in [0.1, 0.15) is 0 Å². The second kappa shape index (κ2) is 7.43. The van der Waals surface area contributed by atoms with Gasteiger partial charge in [-0.15, -0.1) is 11.8 Å². The SMILES string of the molecule is OCCSc1ccc(N=Nc2ccc(Br)cc2)cc1. The number of benzene rings is 2. The van der Waals surface area contributed by atoms with E-state index in [1.807, 2.05) is 48.5 Å². The summed E-state index contributed by atoms with van der Waals surface area (Å²) in [5, 5.41) is 17.1. The Bertz CT molecular complexity index is 540. The van der Waals surface area contributed by atoms with Crippen molar-refractivity contribution < 1.29 is 5.11 Å². The lowest BCUT2D eigenvalue weighted by Crippen LogP contribution is -1.84. The van der Waals surface area contributed by atoms with Crippen molar-refractivity contribution in [3.05, 3.63) is 53.0 Å². The molecule has 0 heterocycles. The molecule has 0 aliphatic heterocycles. The highest BCUT2D eigenvalue weighted by Crippen LogP contribution is 2.23. The minimum Gasteiger partial charge on any atom is -0.396 e. The molecule has 1 N–H and O–H groups in total. The first kappa shape index (κ1) is 14.2. The van der Waals surface area contributed by atoms with Crippen LogP contribution in [0.2, 0.25) is 0 Å². The fourth-order valence-corrected chi connectivity index (χ4v) is 2.32. The van der Waals surface area contributed by atoms with Gasteiger partial charge in [0.2, 0.25) is 0 Å². The lowest BCUT2D eigenvalue weighted by molar-refractivity contribution is 0.322. The van der Waals surface area contributed by atoms with E-state index < -0.39 is 0 Å². The van der Waals surface area contributed by atoms with Crippen LogP contribution in [-0.4, -0.2) is 17.5 Å². The number of nitrogens with zero attached hydrogens (tertiary/aromatic N) is 2. The van der Waals surface area contributed by atoms with Gasteiger partial charge in [0.15, 0.2) is 0 Å². The van der Waals surface area contributed by atoms with Crippen LogP contribution < -0.4 is 0 Å². The number of azo groups is 1. The second-order valence-corrected chi connectivity index (χ2v) is 5.83. The van der Waals surface area contributed by atoms with Crippen molar-refractivity contribution in [2.75, 3.05) is 12.4 Å². The molecule has 19 heavy (non-hydrogen) atoms. The number of hydrogen-bond donors (Lipinski definition) is 1. The highest BCUT2D eigenvalue weighted by atomic mass is 79.9. The van der Waals surface area contributed by atoms with Gasteiger partial charge in [-0.25, -0.2) is 0 Å². The molecule has 0 bridgehead atoms. The van der Waals surface area contributed by atoms with Crippen LogP contribution in [0, 0.1) is 0 Å². The fraction of sp³-hybridized carbons (Fsp3) is 0.143. The topological polar surface area (TPSA) is 45.0 Å². The van der Waals surface area contributed by atoms with Crippen molar-refractivity contribution in [3.8, 4) is 0 Å². The lowest BCUT2D eigenvalue weighted by Gasteiger charge is -1.99. The van der Waals surface area contributed by atoms with Gasteiger partial charge in [-0.1, -0.05) is 15.9 Å². The van der Waals surface area contributed by atoms with E-state index in [2.05, 4.69) is 26.2 Å². The molecule has 0 aromatic heterocycles. The van der Waals surface area contributed by atoms with Crippen LogP contribution in [0.3, 0.4) is 0 Å². The van der Waals surface area contributed by atoms with E-state index in [0.29, 0.717) is 5.75 Å². The van der Waals surface area contributed by atoms with Crippen LogP contribution in [-0.2, 0) is 0 Å². The third-order valence-corrected chi connectivity index (χ3v) is 3.83. The van der Waals surface area contributed by atoms with E-state index in [1.165, 1.54) is 0 Å². The van der Waals surface area contributed by atoms with Gasteiger partial charge in [-0.05, 0) is 48.5 Å². The maximum Gasteiger partial charge on any atom is 0.0857 e. The monoisotopic (exact) mass is 336 g/mol. The largest absolute Gasteiger partial charge is 0.396 e. The van der Waals surface area contributed by atoms with E-state index in [-0.39, 0.29) is 6.61 Å². The van der Waals surface area contributed by atoms with Crippen LogP contribution in [0.4, 0.5) is 11.4 Å². The molecule has 0 spiro atoms. The van der Waals surface area contributed by atoms with Crippen LogP contribution in [0.15, 0.2) is 68.1 Å². The number of rotatable bonds is 5. The molecule has 0 aliphatic carbocycles. The molecule has 0 unspecified atom stereocenters. The maximum absolute atomic E-state index is 8.75. The molecule has 0 saturated heterocycles. The van der Waals surface area contributed by atoms with Gasteiger partial charge in [-0.3, -0.25) is 0 Å². The highest BCUT2D eigenvalue weighted by Gasteiger charge is 1.95. The van der Waals surface area contributed by atoms with E-state index in [0.717, 1.165) is 20.7 Å². The summed E-state index contributed by atoms with van der Waals surface area (Å²) < 4.78 is 1.02. The van der Waals surface area contributed by atoms with Crippen molar-refractivity contribution in [3.63, 3.8) is 0 Å². The van der Waals surface area contributed by atoms with Gasteiger partial charge in [0.05, 0.1) is 18.0 Å². The molecule has 2 aromatic carbocycles. The Balaban J connectivity index is 2.00. The van der Waals surface area contributed by atoms with E-state index in [1.54, 1.807) is 11.8 Å². The normalized spacial score (nSPS) is 11.1. The molecule has 0 aliphatic rings. The third kappa shape index (κ3) is 4.78. The number of thioether (sulfide) groups is 1. The first-order chi connectivity index (χ1) is 9.28. The Morgan fingerprint density at radius 1 is 0.895 bits per heavy atom. The molecule has 5 heteroatoms. The van der Waals surface area contributed by atoms with Crippen LogP contribution in [0.25, 0.3) is 0 Å². The Kier molecular flexibility index (Phi) is 5.57. The zero-order chi connectivity index (χ0) is 13.5. The minimum atomic E-state index is 0.190. The zero-order valence-electron chi connectivity index (χ0n) is 10.2. The number of aliphatic hydroxyl groups excluding tert-OH is 1. The number of hydrogen-bond acceptors (Lipinski definition) is 4. The quantitative estimate of drug-likeness (QED) is 0.620. The van der Waals surface area contributed by atoms with Crippen molar-refractivity contribution in [2.24, 2.45) is 10.2 Å². The third-order valence-electron chi connectivity index (χ3n) is 2.30. The van der Waals surface area contributed by atoms with Crippen molar-refractivity contribution in [2.45, 2.75) is 4.90 Å². The van der Waals surface area contributed by atoms with Gasteiger partial charge in [0.25, 0.3) is 0 Å². The van der Waals surface area contributed by atoms with E-state index >= 15 is 0 Å². The summed E-state index contributed by atoms with van der Waals surface area (Å²) in [5.41, 5.74) is 1.64. The summed E-state index contributed by atoms with van der Waals surface area (Å²) in [6.07, 6.45) is 0. The molecule has 0 atom stereocenters. The van der Waals surface area contributed by atoms with Gasteiger partial charge in [0, 0.05) is 15.1 Å². The smallest absolute Gasteiger partial charge is 0.0857 e. The average molecular weight is 337 g/mol. The Labute approximate surface area is 124 Å². The summed E-state index contributed by atoms with van der Waals surface area (Å²) in [7, 11) is 0. The highest BCUT2D eigenvalue weighted by molar-refractivity contribution is 9.10. The molecule has 3 nitrogen and oxygen atoms in total. The van der Waals surface area contributed by atoms with Crippen molar-refractivity contribution in [1.82, 2.24) is 0 Å². The fourth-order valence-electron chi connectivity index (χ4n) is 1.40. The molecule has 0 amide bonds. The Morgan fingerprint density at radius 2 is 1.42 bits per heavy atom. The Morgan fingerprint density at radius 3 is 1.95 bits per heavy atom. The molecule has 0 saturated carbocycles. The van der Waals surface area contributed by atoms with Gasteiger partial charge >= 0.3 is 0 Å². The predicted molar refractivity (Wildman–Crippen MR) is 82.6 cm³/mol. The summed E-state index contributed by atoms with van der Waals surface area (Å²) in [5.74, 6) is 0.708. The first-order valence-electron chi connectivity index (χ1n) is 5.79. The van der Waals surface area contributed by atoms with Crippen molar-refractivity contribution >= 4 is 39.1 Å². The summed E-state index contributed by atoms with van der Waals surface area (Å²) in [4.78, 5) is 1.12. The predicted octanol–water partition coefficient (Wildman–Crippen LogP) is 4.95. The molecule has 98 valence electrons.